The van der Waals surface area contributed by atoms with Gasteiger partial charge in [0.25, 0.3) is 0 Å². The van der Waals surface area contributed by atoms with Gasteiger partial charge in [-0.2, -0.15) is 11.8 Å². The van der Waals surface area contributed by atoms with E-state index in [1.807, 2.05) is 11.8 Å². The molecule has 0 radical (unpaired) electrons. The maximum atomic E-state index is 11.3. The van der Waals surface area contributed by atoms with Gasteiger partial charge in [0.2, 0.25) is 0 Å². The van der Waals surface area contributed by atoms with Gasteiger partial charge in [-0.1, -0.05) is 32.1 Å². The second-order valence-corrected chi connectivity index (χ2v) is 6.88. The lowest BCUT2D eigenvalue weighted by molar-refractivity contribution is -0.141. The minimum absolute atomic E-state index is 0.0797. The van der Waals surface area contributed by atoms with E-state index in [4.69, 9.17) is 0 Å². The van der Waals surface area contributed by atoms with Crippen LogP contribution in [0.4, 0.5) is 0 Å². The predicted molar refractivity (Wildman–Crippen MR) is 72.4 cm³/mol. The first-order valence-electron chi connectivity index (χ1n) is 7.12. The Hall–Kier alpha value is -0.180. The molecule has 0 aromatic heterocycles. The van der Waals surface area contributed by atoms with Crippen LogP contribution in [-0.4, -0.2) is 22.1 Å². The number of aliphatic carboxylic acids is 1. The predicted octanol–water partition coefficient (Wildman–Crippen LogP) is 3.94. The van der Waals surface area contributed by atoms with Crippen LogP contribution in [0.2, 0.25) is 0 Å². The minimum atomic E-state index is -0.559. The SMILES string of the molecule is O=C(O)C1CCCCCC1SCC1CCCC1. The van der Waals surface area contributed by atoms with Crippen molar-refractivity contribution in [1.82, 2.24) is 0 Å². The average molecular weight is 256 g/mol. The Balaban J connectivity index is 1.83. The molecule has 2 nitrogen and oxygen atoms in total. The Kier molecular flexibility index (Phi) is 5.20. The van der Waals surface area contributed by atoms with Gasteiger partial charge in [0, 0.05) is 5.25 Å². The summed E-state index contributed by atoms with van der Waals surface area (Å²) in [5.74, 6) is 1.44. The van der Waals surface area contributed by atoms with Crippen molar-refractivity contribution in [2.24, 2.45) is 11.8 Å². The summed E-state index contributed by atoms with van der Waals surface area (Å²) in [6.45, 7) is 0. The molecule has 0 aromatic carbocycles. The van der Waals surface area contributed by atoms with Crippen molar-refractivity contribution in [3.8, 4) is 0 Å². The smallest absolute Gasteiger partial charge is 0.307 e. The summed E-state index contributed by atoms with van der Waals surface area (Å²) in [7, 11) is 0. The highest BCUT2D eigenvalue weighted by molar-refractivity contribution is 7.99. The monoisotopic (exact) mass is 256 g/mol. The van der Waals surface area contributed by atoms with Crippen LogP contribution in [-0.2, 0) is 4.79 Å². The Labute approximate surface area is 109 Å². The Morgan fingerprint density at radius 2 is 1.65 bits per heavy atom. The number of hydrogen-bond donors (Lipinski definition) is 1. The van der Waals surface area contributed by atoms with E-state index in [0.29, 0.717) is 5.25 Å². The molecule has 0 heterocycles. The fourth-order valence-corrected chi connectivity index (χ4v) is 4.86. The number of hydrogen-bond acceptors (Lipinski definition) is 2. The lowest BCUT2D eigenvalue weighted by Gasteiger charge is -2.22. The lowest BCUT2D eigenvalue weighted by Crippen LogP contribution is -2.25. The van der Waals surface area contributed by atoms with Gasteiger partial charge in [-0.05, 0) is 37.4 Å². The molecule has 0 saturated heterocycles. The van der Waals surface area contributed by atoms with Gasteiger partial charge in [-0.3, -0.25) is 4.79 Å². The van der Waals surface area contributed by atoms with E-state index in [9.17, 15) is 9.90 Å². The van der Waals surface area contributed by atoms with Gasteiger partial charge in [0.15, 0.2) is 0 Å². The molecule has 1 N–H and O–H groups in total. The molecule has 2 rings (SSSR count). The highest BCUT2D eigenvalue weighted by atomic mass is 32.2. The molecule has 2 fully saturated rings. The van der Waals surface area contributed by atoms with Crippen LogP contribution in [0.5, 0.6) is 0 Å². The molecule has 98 valence electrons. The fraction of sp³-hybridized carbons (Fsp3) is 0.929. The van der Waals surface area contributed by atoms with Crippen molar-refractivity contribution in [3.63, 3.8) is 0 Å². The van der Waals surface area contributed by atoms with E-state index in [-0.39, 0.29) is 5.92 Å². The molecule has 0 aliphatic heterocycles. The Morgan fingerprint density at radius 1 is 1.00 bits per heavy atom. The summed E-state index contributed by atoms with van der Waals surface area (Å²) < 4.78 is 0. The van der Waals surface area contributed by atoms with Gasteiger partial charge >= 0.3 is 5.97 Å². The number of carbonyl (C=O) groups is 1. The third kappa shape index (κ3) is 3.90. The number of thioether (sulfide) groups is 1. The van der Waals surface area contributed by atoms with Gasteiger partial charge in [-0.25, -0.2) is 0 Å². The Morgan fingerprint density at radius 3 is 2.35 bits per heavy atom. The van der Waals surface area contributed by atoms with Gasteiger partial charge in [-0.15, -0.1) is 0 Å². The summed E-state index contributed by atoms with van der Waals surface area (Å²) in [5.41, 5.74) is 0. The summed E-state index contributed by atoms with van der Waals surface area (Å²) in [4.78, 5) is 11.3. The van der Waals surface area contributed by atoms with Crippen molar-refractivity contribution in [2.45, 2.75) is 63.0 Å². The third-order valence-corrected chi connectivity index (χ3v) is 5.95. The first kappa shape index (κ1) is 13.3. The van der Waals surface area contributed by atoms with E-state index in [2.05, 4.69) is 0 Å². The van der Waals surface area contributed by atoms with Crippen LogP contribution >= 0.6 is 11.8 Å². The van der Waals surface area contributed by atoms with Crippen molar-refractivity contribution < 1.29 is 9.90 Å². The lowest BCUT2D eigenvalue weighted by atomic mass is 10.0. The molecule has 0 aromatic rings. The van der Waals surface area contributed by atoms with Crippen LogP contribution in [0, 0.1) is 11.8 Å². The summed E-state index contributed by atoms with van der Waals surface area (Å²) >= 11 is 1.96. The standard InChI is InChI=1S/C14H24O2S/c15-14(16)12-8-2-1-3-9-13(12)17-10-11-6-4-5-7-11/h11-13H,1-10H2,(H,15,16). The first-order valence-corrected chi connectivity index (χ1v) is 8.16. The average Bonchev–Trinajstić information content (AvgIpc) is 2.70. The fourth-order valence-electron chi connectivity index (χ4n) is 3.19. The molecule has 2 aliphatic rings. The number of rotatable bonds is 4. The normalized spacial score (nSPS) is 31.3. The van der Waals surface area contributed by atoms with Crippen LogP contribution in [0.25, 0.3) is 0 Å². The zero-order chi connectivity index (χ0) is 12.1. The van der Waals surface area contributed by atoms with Crippen LogP contribution in [0.1, 0.15) is 57.8 Å². The van der Waals surface area contributed by atoms with Crippen molar-refractivity contribution in [1.29, 1.82) is 0 Å². The molecule has 0 bridgehead atoms. The maximum absolute atomic E-state index is 11.3. The molecule has 2 unspecified atom stereocenters. The van der Waals surface area contributed by atoms with E-state index in [1.165, 1.54) is 44.3 Å². The quantitative estimate of drug-likeness (QED) is 0.774. The number of carboxylic acid groups (broad SMARTS) is 1. The van der Waals surface area contributed by atoms with E-state index >= 15 is 0 Å². The molecule has 2 saturated carbocycles. The first-order chi connectivity index (χ1) is 8.27. The van der Waals surface area contributed by atoms with E-state index in [0.717, 1.165) is 25.2 Å². The molecule has 0 spiro atoms. The second kappa shape index (κ2) is 6.67. The van der Waals surface area contributed by atoms with Crippen molar-refractivity contribution in [3.05, 3.63) is 0 Å². The summed E-state index contributed by atoms with van der Waals surface area (Å²) in [6.07, 6.45) is 11.1. The van der Waals surface area contributed by atoms with Crippen LogP contribution in [0.15, 0.2) is 0 Å². The maximum Gasteiger partial charge on any atom is 0.307 e. The summed E-state index contributed by atoms with van der Waals surface area (Å²) in [6, 6.07) is 0. The molecular weight excluding hydrogens is 232 g/mol. The van der Waals surface area contributed by atoms with Crippen molar-refractivity contribution in [2.75, 3.05) is 5.75 Å². The van der Waals surface area contributed by atoms with Gasteiger partial charge in [0.1, 0.15) is 0 Å². The third-order valence-electron chi connectivity index (χ3n) is 4.29. The summed E-state index contributed by atoms with van der Waals surface area (Å²) in [5, 5.41) is 9.70. The van der Waals surface area contributed by atoms with E-state index < -0.39 is 5.97 Å². The van der Waals surface area contributed by atoms with E-state index in [1.54, 1.807) is 0 Å². The molecule has 2 atom stereocenters. The highest BCUT2D eigenvalue weighted by Gasteiger charge is 2.30. The molecular formula is C14H24O2S. The molecule has 0 amide bonds. The zero-order valence-electron chi connectivity index (χ0n) is 10.6. The topological polar surface area (TPSA) is 37.3 Å². The zero-order valence-corrected chi connectivity index (χ0v) is 11.4. The molecule has 17 heavy (non-hydrogen) atoms. The van der Waals surface area contributed by atoms with Crippen LogP contribution in [0.3, 0.4) is 0 Å². The minimum Gasteiger partial charge on any atom is -0.481 e. The molecule has 2 aliphatic carbocycles. The van der Waals surface area contributed by atoms with Gasteiger partial charge in [0.05, 0.1) is 5.92 Å². The Bertz CT molecular complexity index is 249. The van der Waals surface area contributed by atoms with Crippen LogP contribution < -0.4 is 0 Å². The largest absolute Gasteiger partial charge is 0.481 e. The van der Waals surface area contributed by atoms with Crippen molar-refractivity contribution >= 4 is 17.7 Å². The van der Waals surface area contributed by atoms with Gasteiger partial charge < -0.3 is 5.11 Å². The number of carboxylic acids is 1. The highest BCUT2D eigenvalue weighted by Crippen LogP contribution is 2.36. The molecule has 3 heteroatoms. The second-order valence-electron chi connectivity index (χ2n) is 5.61.